The monoisotopic (exact) mass is 446 g/mol. The maximum Gasteiger partial charge on any atom is 0.140 e. The van der Waals surface area contributed by atoms with Gasteiger partial charge in [0.15, 0.2) is 0 Å². The summed E-state index contributed by atoms with van der Waals surface area (Å²) in [6, 6.07) is 3.95. The van der Waals surface area contributed by atoms with Crippen LogP contribution >= 0.6 is 0 Å². The standard InChI is InChI=1S/C28H37F3O/c1-3-4-5-6-7-8-18-9-10-20-14-21(12-11-19(20)13-18)26-24(29)16-22-15-23(32-2)17-25(30)27(22)28(26)31/h15-21H,3-14H2,1-2H3. The number of methoxy groups -OCH3 is 1. The SMILES string of the molecule is CCCCCCCC1CCC2CC(c3c(F)cc4cc(OC)cc(F)c4c3F)CCC2C1. The molecule has 4 rings (SSSR count). The highest BCUT2D eigenvalue weighted by Crippen LogP contribution is 2.49. The lowest BCUT2D eigenvalue weighted by Gasteiger charge is -2.42. The molecule has 0 N–H and O–H groups in total. The fourth-order valence-electron chi connectivity index (χ4n) is 6.44. The first kappa shape index (κ1) is 23.4. The number of unbranched alkanes of at least 4 members (excludes halogenated alkanes) is 4. The van der Waals surface area contributed by atoms with Gasteiger partial charge in [-0.25, -0.2) is 13.2 Å². The van der Waals surface area contributed by atoms with Crippen LogP contribution in [0, 0.1) is 35.2 Å². The molecule has 1 nitrogen and oxygen atoms in total. The molecular weight excluding hydrogens is 409 g/mol. The largest absolute Gasteiger partial charge is 0.497 e. The van der Waals surface area contributed by atoms with Gasteiger partial charge in [-0.05, 0) is 73.3 Å². The smallest absolute Gasteiger partial charge is 0.140 e. The van der Waals surface area contributed by atoms with Crippen LogP contribution in [0.5, 0.6) is 5.75 Å². The van der Waals surface area contributed by atoms with E-state index in [-0.39, 0.29) is 28.0 Å². The summed E-state index contributed by atoms with van der Waals surface area (Å²) in [4.78, 5) is 0. The Balaban J connectivity index is 1.43. The summed E-state index contributed by atoms with van der Waals surface area (Å²) in [5.41, 5.74) is 0.0954. The quantitative estimate of drug-likeness (QED) is 0.368. The number of rotatable bonds is 8. The normalized spacial score (nSPS) is 25.7. The van der Waals surface area contributed by atoms with E-state index < -0.39 is 17.5 Å². The number of ether oxygens (including phenoxy) is 1. The van der Waals surface area contributed by atoms with Crippen LogP contribution < -0.4 is 4.74 Å². The van der Waals surface area contributed by atoms with E-state index in [4.69, 9.17) is 4.74 Å². The molecule has 0 bridgehead atoms. The highest BCUT2D eigenvalue weighted by molar-refractivity contribution is 5.86. The van der Waals surface area contributed by atoms with E-state index in [2.05, 4.69) is 6.92 Å². The lowest BCUT2D eigenvalue weighted by molar-refractivity contribution is 0.111. The van der Waals surface area contributed by atoms with E-state index >= 15 is 8.78 Å². The zero-order valence-corrected chi connectivity index (χ0v) is 19.6. The summed E-state index contributed by atoms with van der Waals surface area (Å²) < 4.78 is 50.1. The molecule has 2 aliphatic rings. The van der Waals surface area contributed by atoms with E-state index in [1.807, 2.05) is 0 Å². The van der Waals surface area contributed by atoms with Crippen LogP contribution in [-0.4, -0.2) is 7.11 Å². The molecule has 2 fully saturated rings. The van der Waals surface area contributed by atoms with E-state index in [0.717, 1.165) is 25.2 Å². The van der Waals surface area contributed by atoms with E-state index in [1.165, 1.54) is 83.1 Å². The molecule has 2 aliphatic carbocycles. The van der Waals surface area contributed by atoms with E-state index in [9.17, 15) is 4.39 Å². The molecule has 0 aliphatic heterocycles. The van der Waals surface area contributed by atoms with Gasteiger partial charge in [-0.15, -0.1) is 0 Å². The minimum atomic E-state index is -0.718. The highest BCUT2D eigenvalue weighted by Gasteiger charge is 2.37. The van der Waals surface area contributed by atoms with Gasteiger partial charge in [0.25, 0.3) is 0 Å². The van der Waals surface area contributed by atoms with Crippen LogP contribution in [0.25, 0.3) is 10.8 Å². The molecule has 0 heterocycles. The van der Waals surface area contributed by atoms with Crippen LogP contribution in [0.2, 0.25) is 0 Å². The Morgan fingerprint density at radius 3 is 2.38 bits per heavy atom. The number of hydrogen-bond donors (Lipinski definition) is 0. The Hall–Kier alpha value is -1.71. The lowest BCUT2D eigenvalue weighted by atomic mass is 9.63. The first-order chi connectivity index (χ1) is 15.5. The Morgan fingerprint density at radius 2 is 1.59 bits per heavy atom. The fourth-order valence-corrected chi connectivity index (χ4v) is 6.44. The van der Waals surface area contributed by atoms with Gasteiger partial charge in [0.05, 0.1) is 12.5 Å². The summed E-state index contributed by atoms with van der Waals surface area (Å²) >= 11 is 0. The van der Waals surface area contributed by atoms with Crippen molar-refractivity contribution in [1.82, 2.24) is 0 Å². The topological polar surface area (TPSA) is 9.23 Å². The number of hydrogen-bond acceptors (Lipinski definition) is 1. The van der Waals surface area contributed by atoms with Crippen molar-refractivity contribution in [3.8, 4) is 5.75 Å². The Kier molecular flexibility index (Phi) is 7.68. The maximum absolute atomic E-state index is 15.4. The second-order valence-electron chi connectivity index (χ2n) is 10.2. The molecular formula is C28H37F3O. The average molecular weight is 447 g/mol. The highest BCUT2D eigenvalue weighted by atomic mass is 19.1. The Labute approximate surface area is 190 Å². The van der Waals surface area contributed by atoms with Gasteiger partial charge in [0.1, 0.15) is 23.2 Å². The van der Waals surface area contributed by atoms with E-state index in [0.29, 0.717) is 11.8 Å². The van der Waals surface area contributed by atoms with Crippen LogP contribution in [0.3, 0.4) is 0 Å². The number of fused-ring (bicyclic) bond motifs is 2. The van der Waals surface area contributed by atoms with Gasteiger partial charge in [0, 0.05) is 11.6 Å². The first-order valence-electron chi connectivity index (χ1n) is 12.7. The van der Waals surface area contributed by atoms with Crippen molar-refractivity contribution in [3.63, 3.8) is 0 Å². The molecule has 0 spiro atoms. The zero-order valence-electron chi connectivity index (χ0n) is 19.6. The van der Waals surface area contributed by atoms with Crippen LogP contribution in [0.15, 0.2) is 18.2 Å². The van der Waals surface area contributed by atoms with Crippen molar-refractivity contribution < 1.29 is 17.9 Å². The molecule has 0 aromatic heterocycles. The van der Waals surface area contributed by atoms with Crippen molar-refractivity contribution in [3.05, 3.63) is 41.2 Å². The molecule has 4 unspecified atom stereocenters. The van der Waals surface area contributed by atoms with Gasteiger partial charge in [-0.3, -0.25) is 0 Å². The van der Waals surface area contributed by atoms with Crippen LogP contribution in [-0.2, 0) is 0 Å². The van der Waals surface area contributed by atoms with Gasteiger partial charge in [-0.1, -0.05) is 51.9 Å². The van der Waals surface area contributed by atoms with Gasteiger partial charge >= 0.3 is 0 Å². The molecule has 2 aromatic rings. The molecule has 0 radical (unpaired) electrons. The molecule has 0 saturated heterocycles. The third-order valence-electron chi connectivity index (χ3n) is 8.17. The molecule has 4 heteroatoms. The average Bonchev–Trinajstić information content (AvgIpc) is 2.78. The van der Waals surface area contributed by atoms with Crippen molar-refractivity contribution in [2.75, 3.05) is 7.11 Å². The van der Waals surface area contributed by atoms with Gasteiger partial charge in [-0.2, -0.15) is 0 Å². The van der Waals surface area contributed by atoms with Crippen molar-refractivity contribution in [2.24, 2.45) is 17.8 Å². The van der Waals surface area contributed by atoms with Crippen LogP contribution in [0.1, 0.15) is 95.5 Å². The molecule has 0 amide bonds. The van der Waals surface area contributed by atoms with Crippen LogP contribution in [0.4, 0.5) is 13.2 Å². The molecule has 2 aromatic carbocycles. The first-order valence-corrected chi connectivity index (χ1v) is 12.7. The van der Waals surface area contributed by atoms with Gasteiger partial charge < -0.3 is 4.74 Å². The summed E-state index contributed by atoms with van der Waals surface area (Å²) in [7, 11) is 1.42. The van der Waals surface area contributed by atoms with Gasteiger partial charge in [0.2, 0.25) is 0 Å². The third-order valence-corrected chi connectivity index (χ3v) is 8.17. The Morgan fingerprint density at radius 1 is 0.844 bits per heavy atom. The van der Waals surface area contributed by atoms with E-state index in [1.54, 1.807) is 0 Å². The Bertz CT molecular complexity index is 925. The second-order valence-corrected chi connectivity index (χ2v) is 10.2. The minimum absolute atomic E-state index is 0.0954. The maximum atomic E-state index is 15.4. The minimum Gasteiger partial charge on any atom is -0.497 e. The molecule has 176 valence electrons. The fraction of sp³-hybridized carbons (Fsp3) is 0.643. The summed E-state index contributed by atoms with van der Waals surface area (Å²) in [6.45, 7) is 2.25. The predicted molar refractivity (Wildman–Crippen MR) is 125 cm³/mol. The lowest BCUT2D eigenvalue weighted by Crippen LogP contribution is -2.31. The summed E-state index contributed by atoms with van der Waals surface area (Å²) in [6.07, 6.45) is 14.4. The summed E-state index contributed by atoms with van der Waals surface area (Å²) in [5.74, 6) is 0.209. The number of benzene rings is 2. The summed E-state index contributed by atoms with van der Waals surface area (Å²) in [5, 5.41) is 0.102. The second kappa shape index (κ2) is 10.5. The van der Waals surface area contributed by atoms with Crippen molar-refractivity contribution >= 4 is 10.8 Å². The number of halogens is 3. The third kappa shape index (κ3) is 4.94. The molecule has 4 atom stereocenters. The molecule has 2 saturated carbocycles. The zero-order chi connectivity index (χ0) is 22.7. The van der Waals surface area contributed by atoms with Crippen molar-refractivity contribution in [2.45, 2.75) is 89.9 Å². The predicted octanol–water partition coefficient (Wildman–Crippen LogP) is 8.93. The molecule has 32 heavy (non-hydrogen) atoms. The van der Waals surface area contributed by atoms with Crippen molar-refractivity contribution in [1.29, 1.82) is 0 Å².